The van der Waals surface area contributed by atoms with Gasteiger partial charge in [-0.2, -0.15) is 5.10 Å². The molecule has 7 heteroatoms. The fraction of sp³-hybridized carbons (Fsp3) is 0.0417. The van der Waals surface area contributed by atoms with Crippen LogP contribution >= 0.6 is 11.3 Å². The van der Waals surface area contributed by atoms with E-state index in [1.807, 2.05) is 48.7 Å². The predicted octanol–water partition coefficient (Wildman–Crippen LogP) is 5.66. The third kappa shape index (κ3) is 3.71. The number of aromatic amines is 1. The van der Waals surface area contributed by atoms with Crippen molar-refractivity contribution in [2.24, 2.45) is 10.1 Å². The van der Waals surface area contributed by atoms with Crippen molar-refractivity contribution in [1.82, 2.24) is 14.6 Å². The van der Waals surface area contributed by atoms with Crippen molar-refractivity contribution in [2.75, 3.05) is 0 Å². The highest BCUT2D eigenvalue weighted by Gasteiger charge is 2.12. The van der Waals surface area contributed by atoms with Gasteiger partial charge in [0.15, 0.2) is 0 Å². The number of benzene rings is 2. The first-order valence-electron chi connectivity index (χ1n) is 9.72. The maximum absolute atomic E-state index is 14.6. The number of para-hydroxylation sites is 1. The highest BCUT2D eigenvalue weighted by atomic mass is 32.1. The quantitative estimate of drug-likeness (QED) is 0.370. The van der Waals surface area contributed by atoms with Gasteiger partial charge in [-0.25, -0.2) is 14.1 Å². The number of hydrogen-bond acceptors (Lipinski definition) is 4. The van der Waals surface area contributed by atoms with Gasteiger partial charge < -0.3 is 4.98 Å². The van der Waals surface area contributed by atoms with E-state index in [0.717, 1.165) is 22.2 Å². The average molecular weight is 428 g/mol. The number of fused-ring (bicyclic) bond motifs is 1. The number of pyridine rings is 1. The van der Waals surface area contributed by atoms with E-state index in [-0.39, 0.29) is 5.82 Å². The molecule has 0 fully saturated rings. The molecule has 0 saturated carbocycles. The molecule has 2 aromatic carbocycles. The van der Waals surface area contributed by atoms with Crippen molar-refractivity contribution in [3.05, 3.63) is 100 Å². The van der Waals surface area contributed by atoms with Crippen LogP contribution in [0.15, 0.2) is 88.5 Å². The third-order valence-electron chi connectivity index (χ3n) is 4.95. The van der Waals surface area contributed by atoms with Crippen molar-refractivity contribution in [1.29, 1.82) is 0 Å². The molecule has 0 aliphatic rings. The number of aromatic nitrogens is 3. The summed E-state index contributed by atoms with van der Waals surface area (Å²) < 4.78 is 16.2. The molecule has 0 saturated heterocycles. The molecule has 0 spiro atoms. The number of hydrogen-bond donors (Lipinski definition) is 1. The Kier molecular flexibility index (Phi) is 5.01. The Labute approximate surface area is 181 Å². The van der Waals surface area contributed by atoms with E-state index >= 15 is 0 Å². The smallest absolute Gasteiger partial charge is 0.211 e. The van der Waals surface area contributed by atoms with Crippen molar-refractivity contribution in [3.63, 3.8) is 0 Å². The standard InChI is InChI=1S/C24H18FN5S/c1-16-20(18-8-3-5-11-22(18)28-16)14-27-30-23(19-9-2-4-10-21(19)25)15-31-24(30)29-17-7-6-12-26-13-17/h2-15,28H,1H3. The second kappa shape index (κ2) is 8.12. The largest absolute Gasteiger partial charge is 0.358 e. The van der Waals surface area contributed by atoms with Crippen LogP contribution in [0.4, 0.5) is 10.1 Å². The normalized spacial score (nSPS) is 12.3. The summed E-state index contributed by atoms with van der Waals surface area (Å²) >= 11 is 1.40. The molecule has 0 radical (unpaired) electrons. The molecule has 31 heavy (non-hydrogen) atoms. The van der Waals surface area contributed by atoms with Crippen LogP contribution < -0.4 is 4.80 Å². The third-order valence-corrected chi connectivity index (χ3v) is 5.77. The Balaban J connectivity index is 1.69. The van der Waals surface area contributed by atoms with E-state index in [9.17, 15) is 4.39 Å². The Hall–Kier alpha value is -3.84. The Morgan fingerprint density at radius 1 is 1.06 bits per heavy atom. The van der Waals surface area contributed by atoms with Crippen LogP contribution in [0.1, 0.15) is 11.3 Å². The fourth-order valence-electron chi connectivity index (χ4n) is 3.45. The molecule has 152 valence electrons. The van der Waals surface area contributed by atoms with Gasteiger partial charge in [0.25, 0.3) is 0 Å². The highest BCUT2D eigenvalue weighted by molar-refractivity contribution is 7.07. The fourth-order valence-corrected chi connectivity index (χ4v) is 4.30. The molecule has 0 bridgehead atoms. The van der Waals surface area contributed by atoms with Crippen LogP contribution in [-0.4, -0.2) is 20.9 Å². The van der Waals surface area contributed by atoms with Gasteiger partial charge in [0, 0.05) is 39.3 Å². The molecule has 0 atom stereocenters. The summed E-state index contributed by atoms with van der Waals surface area (Å²) in [5.41, 5.74) is 4.86. The zero-order valence-corrected chi connectivity index (χ0v) is 17.5. The van der Waals surface area contributed by atoms with Crippen molar-refractivity contribution < 1.29 is 4.39 Å². The molecule has 5 rings (SSSR count). The van der Waals surface area contributed by atoms with Gasteiger partial charge in [-0.05, 0) is 37.3 Å². The molecule has 0 unspecified atom stereocenters. The summed E-state index contributed by atoms with van der Waals surface area (Å²) in [7, 11) is 0. The lowest BCUT2D eigenvalue weighted by atomic mass is 10.1. The molecule has 0 aliphatic heterocycles. The number of aryl methyl sites for hydroxylation is 1. The van der Waals surface area contributed by atoms with Crippen LogP contribution in [0.5, 0.6) is 0 Å². The van der Waals surface area contributed by atoms with Gasteiger partial charge in [0.2, 0.25) is 4.80 Å². The maximum atomic E-state index is 14.6. The van der Waals surface area contributed by atoms with Crippen LogP contribution in [-0.2, 0) is 0 Å². The molecule has 0 aliphatic carbocycles. The van der Waals surface area contributed by atoms with Crippen LogP contribution in [0.2, 0.25) is 0 Å². The van der Waals surface area contributed by atoms with E-state index in [4.69, 9.17) is 5.10 Å². The van der Waals surface area contributed by atoms with Gasteiger partial charge in [-0.1, -0.05) is 30.3 Å². The second-order valence-corrected chi connectivity index (χ2v) is 7.81. The van der Waals surface area contributed by atoms with Gasteiger partial charge in [0.1, 0.15) is 5.82 Å². The molecular formula is C24H18FN5S. The molecule has 3 heterocycles. The molecule has 1 N–H and O–H groups in total. The zero-order valence-electron chi connectivity index (χ0n) is 16.7. The minimum atomic E-state index is -0.305. The highest BCUT2D eigenvalue weighted by Crippen LogP contribution is 2.24. The summed E-state index contributed by atoms with van der Waals surface area (Å²) in [4.78, 5) is 12.8. The maximum Gasteiger partial charge on any atom is 0.211 e. The summed E-state index contributed by atoms with van der Waals surface area (Å²) in [6, 6.07) is 18.5. The predicted molar refractivity (Wildman–Crippen MR) is 123 cm³/mol. The first kappa shape index (κ1) is 19.1. The SMILES string of the molecule is Cc1[nH]c2ccccc2c1C=Nn1c(-c2ccccc2F)csc1=Nc1cccnc1. The number of halogens is 1. The Morgan fingerprint density at radius 2 is 1.90 bits per heavy atom. The summed E-state index contributed by atoms with van der Waals surface area (Å²) in [6.45, 7) is 2.01. The van der Waals surface area contributed by atoms with Crippen LogP contribution in [0, 0.1) is 12.7 Å². The van der Waals surface area contributed by atoms with Gasteiger partial charge in [0.05, 0.1) is 23.8 Å². The zero-order chi connectivity index (χ0) is 21.2. The average Bonchev–Trinajstić information content (AvgIpc) is 3.33. The van der Waals surface area contributed by atoms with Gasteiger partial charge in [-0.15, -0.1) is 11.3 Å². The van der Waals surface area contributed by atoms with Crippen molar-refractivity contribution >= 4 is 34.1 Å². The number of thiazole rings is 1. The lowest BCUT2D eigenvalue weighted by Gasteiger charge is -2.05. The molecule has 3 aromatic heterocycles. The minimum absolute atomic E-state index is 0.305. The second-order valence-electron chi connectivity index (χ2n) is 6.97. The van der Waals surface area contributed by atoms with Crippen molar-refractivity contribution in [2.45, 2.75) is 6.92 Å². The Bertz CT molecular complexity index is 1460. The van der Waals surface area contributed by atoms with Crippen molar-refractivity contribution in [3.8, 4) is 11.3 Å². The van der Waals surface area contributed by atoms with E-state index in [1.165, 1.54) is 17.4 Å². The first-order valence-corrected chi connectivity index (χ1v) is 10.6. The number of nitrogens with zero attached hydrogens (tertiary/aromatic N) is 4. The van der Waals surface area contributed by atoms with Crippen LogP contribution in [0.3, 0.4) is 0 Å². The number of nitrogens with one attached hydrogen (secondary N) is 1. The lowest BCUT2D eigenvalue weighted by Crippen LogP contribution is -2.12. The molecular weight excluding hydrogens is 409 g/mol. The monoisotopic (exact) mass is 427 g/mol. The van der Waals surface area contributed by atoms with E-state index in [0.29, 0.717) is 21.7 Å². The number of rotatable bonds is 4. The van der Waals surface area contributed by atoms with E-state index in [2.05, 4.69) is 21.0 Å². The molecule has 5 nitrogen and oxygen atoms in total. The summed E-state index contributed by atoms with van der Waals surface area (Å²) in [5.74, 6) is -0.305. The number of H-pyrrole nitrogens is 1. The molecule has 0 amide bonds. The lowest BCUT2D eigenvalue weighted by molar-refractivity contribution is 0.629. The van der Waals surface area contributed by atoms with E-state index < -0.39 is 0 Å². The van der Waals surface area contributed by atoms with Gasteiger partial charge >= 0.3 is 0 Å². The van der Waals surface area contributed by atoms with E-state index in [1.54, 1.807) is 35.4 Å². The summed E-state index contributed by atoms with van der Waals surface area (Å²) in [5, 5.41) is 7.68. The topological polar surface area (TPSA) is 58.3 Å². The van der Waals surface area contributed by atoms with Crippen LogP contribution in [0.25, 0.3) is 22.2 Å². The first-order chi connectivity index (χ1) is 15.2. The summed E-state index contributed by atoms with van der Waals surface area (Å²) in [6.07, 6.45) is 5.18. The minimum Gasteiger partial charge on any atom is -0.358 e. The van der Waals surface area contributed by atoms with Gasteiger partial charge in [-0.3, -0.25) is 4.98 Å². The molecule has 5 aromatic rings. The Morgan fingerprint density at radius 3 is 2.74 bits per heavy atom.